The van der Waals surface area contributed by atoms with Gasteiger partial charge in [-0.1, -0.05) is 19.1 Å². The van der Waals surface area contributed by atoms with Crippen molar-refractivity contribution in [3.63, 3.8) is 0 Å². The van der Waals surface area contributed by atoms with Gasteiger partial charge in [0.2, 0.25) is 0 Å². The van der Waals surface area contributed by atoms with Gasteiger partial charge in [0.15, 0.2) is 0 Å². The van der Waals surface area contributed by atoms with Gasteiger partial charge >= 0.3 is 0 Å². The van der Waals surface area contributed by atoms with E-state index in [2.05, 4.69) is 29.3 Å². The number of nitrogens with zero attached hydrogens (tertiary/aromatic N) is 2. The lowest BCUT2D eigenvalue weighted by Crippen LogP contribution is -2.51. The number of piperazine rings is 1. The predicted octanol–water partition coefficient (Wildman–Crippen LogP) is 1.88. The molecular weight excluding hydrogens is 222 g/mol. The van der Waals surface area contributed by atoms with Crippen LogP contribution in [-0.4, -0.2) is 29.6 Å². The summed E-state index contributed by atoms with van der Waals surface area (Å²) in [7, 11) is 0. The fraction of sp³-hybridized carbons (Fsp3) is 0.533. The molecule has 2 fully saturated rings. The summed E-state index contributed by atoms with van der Waals surface area (Å²) in [6, 6.07) is 10.9. The average Bonchev–Trinajstić information content (AvgIpc) is 2.97. The monoisotopic (exact) mass is 241 g/mol. The molecule has 0 aliphatic carbocycles. The van der Waals surface area contributed by atoms with Crippen LogP contribution in [0, 0.1) is 11.3 Å². The highest BCUT2D eigenvalue weighted by Gasteiger charge is 2.48. The van der Waals surface area contributed by atoms with Crippen LogP contribution in [0.2, 0.25) is 0 Å². The minimum absolute atomic E-state index is 0.354. The third-order valence-electron chi connectivity index (χ3n) is 4.55. The molecule has 0 saturated carbocycles. The van der Waals surface area contributed by atoms with Gasteiger partial charge < -0.3 is 5.32 Å². The topological polar surface area (TPSA) is 39.1 Å². The number of benzene rings is 1. The first-order valence-electron chi connectivity index (χ1n) is 6.73. The lowest BCUT2D eigenvalue weighted by Gasteiger charge is -2.38. The van der Waals surface area contributed by atoms with E-state index in [0.717, 1.165) is 25.2 Å². The molecule has 0 aromatic heterocycles. The normalized spacial score (nSPS) is 30.6. The Balaban J connectivity index is 1.79. The standard InChI is InChI=1S/C15H19N3/c1-2-15-7-14(17-11-15)10-18(15)9-13-5-3-4-12(6-13)8-16/h3-6,14,17H,2,7,9-11H2,1H3. The first-order valence-corrected chi connectivity index (χ1v) is 6.73. The number of rotatable bonds is 3. The summed E-state index contributed by atoms with van der Waals surface area (Å²) in [6.07, 6.45) is 2.48. The van der Waals surface area contributed by atoms with E-state index in [1.165, 1.54) is 18.4 Å². The van der Waals surface area contributed by atoms with Crippen LogP contribution < -0.4 is 5.32 Å². The smallest absolute Gasteiger partial charge is 0.0991 e. The van der Waals surface area contributed by atoms with E-state index in [-0.39, 0.29) is 0 Å². The number of nitriles is 1. The van der Waals surface area contributed by atoms with Crippen LogP contribution in [0.3, 0.4) is 0 Å². The molecule has 2 saturated heterocycles. The Hall–Kier alpha value is -1.37. The molecule has 0 radical (unpaired) electrons. The summed E-state index contributed by atoms with van der Waals surface area (Å²) < 4.78 is 0. The maximum absolute atomic E-state index is 8.95. The van der Waals surface area contributed by atoms with Gasteiger partial charge in [0.05, 0.1) is 11.6 Å². The van der Waals surface area contributed by atoms with Crippen LogP contribution in [0.1, 0.15) is 30.9 Å². The van der Waals surface area contributed by atoms with Crippen LogP contribution >= 0.6 is 0 Å². The Morgan fingerprint density at radius 3 is 3.17 bits per heavy atom. The van der Waals surface area contributed by atoms with Gasteiger partial charge in [0.1, 0.15) is 0 Å². The first-order chi connectivity index (χ1) is 8.75. The number of hydrogen-bond acceptors (Lipinski definition) is 3. The fourth-order valence-corrected chi connectivity index (χ4v) is 3.45. The molecular formula is C15H19N3. The quantitative estimate of drug-likeness (QED) is 0.878. The molecule has 2 heterocycles. The van der Waals surface area contributed by atoms with E-state index in [1.807, 2.05) is 18.2 Å². The number of likely N-dealkylation sites (tertiary alicyclic amines) is 1. The molecule has 3 nitrogen and oxygen atoms in total. The number of hydrogen-bond donors (Lipinski definition) is 1. The Morgan fingerprint density at radius 2 is 2.44 bits per heavy atom. The maximum atomic E-state index is 8.95. The Labute approximate surface area is 108 Å². The van der Waals surface area contributed by atoms with Crippen molar-refractivity contribution in [2.75, 3.05) is 13.1 Å². The molecule has 2 bridgehead atoms. The number of fused-ring (bicyclic) bond motifs is 2. The van der Waals surface area contributed by atoms with Gasteiger partial charge in [-0.3, -0.25) is 4.90 Å². The summed E-state index contributed by atoms with van der Waals surface area (Å²) in [5, 5.41) is 12.5. The van der Waals surface area contributed by atoms with Gasteiger partial charge in [-0.15, -0.1) is 0 Å². The van der Waals surface area contributed by atoms with E-state index in [9.17, 15) is 0 Å². The summed E-state index contributed by atoms with van der Waals surface area (Å²) in [6.45, 7) is 5.52. The second-order valence-electron chi connectivity index (χ2n) is 5.55. The molecule has 2 aliphatic rings. The molecule has 1 aromatic rings. The predicted molar refractivity (Wildman–Crippen MR) is 71.0 cm³/mol. The van der Waals surface area contributed by atoms with Gasteiger partial charge in [-0.2, -0.15) is 5.26 Å². The zero-order valence-corrected chi connectivity index (χ0v) is 10.8. The van der Waals surface area contributed by atoms with E-state index in [4.69, 9.17) is 5.26 Å². The van der Waals surface area contributed by atoms with Gasteiger partial charge in [0, 0.05) is 31.2 Å². The summed E-state index contributed by atoms with van der Waals surface area (Å²) in [5.41, 5.74) is 2.38. The molecule has 0 amide bonds. The molecule has 2 atom stereocenters. The highest BCUT2D eigenvalue weighted by atomic mass is 15.3. The third-order valence-corrected chi connectivity index (χ3v) is 4.55. The molecule has 1 aromatic carbocycles. The van der Waals surface area contributed by atoms with E-state index < -0.39 is 0 Å². The molecule has 1 N–H and O–H groups in total. The highest BCUT2D eigenvalue weighted by Crippen LogP contribution is 2.37. The lowest BCUT2D eigenvalue weighted by atomic mass is 9.94. The fourth-order valence-electron chi connectivity index (χ4n) is 3.45. The Morgan fingerprint density at radius 1 is 1.56 bits per heavy atom. The zero-order chi connectivity index (χ0) is 12.6. The molecule has 3 rings (SSSR count). The second kappa shape index (κ2) is 4.38. The van der Waals surface area contributed by atoms with Crippen molar-refractivity contribution >= 4 is 0 Å². The van der Waals surface area contributed by atoms with Crippen molar-refractivity contribution in [3.05, 3.63) is 35.4 Å². The van der Waals surface area contributed by atoms with Crippen molar-refractivity contribution in [2.45, 2.75) is 37.9 Å². The molecule has 0 spiro atoms. The van der Waals surface area contributed by atoms with Crippen LogP contribution in [-0.2, 0) is 6.54 Å². The van der Waals surface area contributed by atoms with Crippen LogP contribution in [0.25, 0.3) is 0 Å². The molecule has 3 heteroatoms. The largest absolute Gasteiger partial charge is 0.311 e. The van der Waals surface area contributed by atoms with Crippen molar-refractivity contribution in [2.24, 2.45) is 0 Å². The lowest BCUT2D eigenvalue weighted by molar-refractivity contribution is 0.115. The van der Waals surface area contributed by atoms with Gasteiger partial charge in [-0.25, -0.2) is 0 Å². The minimum atomic E-state index is 0.354. The third kappa shape index (κ3) is 1.82. The summed E-state index contributed by atoms with van der Waals surface area (Å²) in [4.78, 5) is 2.60. The zero-order valence-electron chi connectivity index (χ0n) is 10.8. The van der Waals surface area contributed by atoms with Crippen molar-refractivity contribution in [3.8, 4) is 6.07 Å². The van der Waals surface area contributed by atoms with Crippen molar-refractivity contribution < 1.29 is 0 Å². The van der Waals surface area contributed by atoms with E-state index >= 15 is 0 Å². The maximum Gasteiger partial charge on any atom is 0.0991 e. The summed E-state index contributed by atoms with van der Waals surface area (Å²) >= 11 is 0. The van der Waals surface area contributed by atoms with Crippen molar-refractivity contribution in [1.29, 1.82) is 5.26 Å². The Kier molecular flexibility index (Phi) is 2.85. The average molecular weight is 241 g/mol. The molecule has 94 valence electrons. The van der Waals surface area contributed by atoms with Gasteiger partial charge in [0.25, 0.3) is 0 Å². The second-order valence-corrected chi connectivity index (χ2v) is 5.55. The minimum Gasteiger partial charge on any atom is -0.311 e. The van der Waals surface area contributed by atoms with Crippen LogP contribution in [0.5, 0.6) is 0 Å². The molecule has 18 heavy (non-hydrogen) atoms. The molecule has 2 aliphatic heterocycles. The SMILES string of the molecule is CCC12CNC(CN1Cc1cccc(C#N)c1)C2. The van der Waals surface area contributed by atoms with Crippen LogP contribution in [0.15, 0.2) is 24.3 Å². The van der Waals surface area contributed by atoms with Gasteiger partial charge in [-0.05, 0) is 30.5 Å². The van der Waals surface area contributed by atoms with Crippen molar-refractivity contribution in [1.82, 2.24) is 10.2 Å². The highest BCUT2D eigenvalue weighted by molar-refractivity contribution is 5.33. The van der Waals surface area contributed by atoms with Crippen LogP contribution in [0.4, 0.5) is 0 Å². The Bertz CT molecular complexity index is 491. The first kappa shape index (κ1) is 11.7. The molecule has 2 unspecified atom stereocenters. The van der Waals surface area contributed by atoms with E-state index in [0.29, 0.717) is 11.6 Å². The summed E-state index contributed by atoms with van der Waals surface area (Å²) in [5.74, 6) is 0. The van der Waals surface area contributed by atoms with E-state index in [1.54, 1.807) is 0 Å². The number of nitrogens with one attached hydrogen (secondary N) is 1.